The minimum Gasteiger partial charge on any atom is -0.310 e. The van der Waals surface area contributed by atoms with Crippen LogP contribution in [0.2, 0.25) is 0 Å². The molecule has 7 aliphatic rings. The fourth-order valence-electron chi connectivity index (χ4n) is 14.1. The molecule has 5 aromatic rings. The molecule has 4 bridgehead atoms. The molecule has 5 aromatic carbocycles. The summed E-state index contributed by atoms with van der Waals surface area (Å²) in [6, 6.07) is 41.5. The fourth-order valence-corrected chi connectivity index (χ4v) is 14.1. The van der Waals surface area contributed by atoms with Crippen molar-refractivity contribution < 1.29 is 0 Å². The third kappa shape index (κ3) is 5.12. The molecule has 12 rings (SSSR count). The molecule has 4 fully saturated rings. The van der Waals surface area contributed by atoms with Gasteiger partial charge in [-0.3, -0.25) is 0 Å². The van der Waals surface area contributed by atoms with Crippen LogP contribution in [0, 0.1) is 23.7 Å². The molecule has 0 radical (unpaired) electrons. The van der Waals surface area contributed by atoms with Gasteiger partial charge in [-0.2, -0.15) is 0 Å². The van der Waals surface area contributed by atoms with E-state index in [1.807, 2.05) is 0 Å². The average Bonchev–Trinajstić information content (AvgIpc) is 3.48. The Labute approximate surface area is 343 Å². The van der Waals surface area contributed by atoms with Gasteiger partial charge in [-0.1, -0.05) is 122 Å². The van der Waals surface area contributed by atoms with Gasteiger partial charge in [0.25, 0.3) is 0 Å². The summed E-state index contributed by atoms with van der Waals surface area (Å²) in [6.07, 6.45) is 12.0. The lowest BCUT2D eigenvalue weighted by Gasteiger charge is -2.61. The minimum absolute atomic E-state index is 0.120. The largest absolute Gasteiger partial charge is 0.310 e. The number of hydrogen-bond acceptors (Lipinski definition) is 1. The van der Waals surface area contributed by atoms with Gasteiger partial charge in [0.05, 0.1) is 0 Å². The van der Waals surface area contributed by atoms with Crippen LogP contribution in [0.4, 0.5) is 17.1 Å². The van der Waals surface area contributed by atoms with Crippen molar-refractivity contribution in [2.45, 2.75) is 140 Å². The van der Waals surface area contributed by atoms with Gasteiger partial charge >= 0.3 is 0 Å². The van der Waals surface area contributed by atoms with Crippen LogP contribution in [0.25, 0.3) is 22.3 Å². The Morgan fingerprint density at radius 2 is 0.877 bits per heavy atom. The first-order chi connectivity index (χ1) is 27.2. The number of fused-ring (bicyclic) bond motifs is 5. The molecule has 0 amide bonds. The van der Waals surface area contributed by atoms with Crippen LogP contribution in [0.1, 0.15) is 147 Å². The molecule has 1 nitrogen and oxygen atoms in total. The smallest absolute Gasteiger partial charge is 0.0468 e. The molecule has 57 heavy (non-hydrogen) atoms. The Morgan fingerprint density at radius 3 is 1.40 bits per heavy atom. The number of nitrogens with zero attached hydrogens (tertiary/aromatic N) is 1. The van der Waals surface area contributed by atoms with Crippen molar-refractivity contribution in [2.24, 2.45) is 23.7 Å². The molecule has 4 saturated carbocycles. The number of hydrogen-bond donors (Lipinski definition) is 0. The summed E-state index contributed by atoms with van der Waals surface area (Å²) in [5, 5.41) is 0. The van der Waals surface area contributed by atoms with Crippen LogP contribution in [-0.4, -0.2) is 0 Å². The normalized spacial score (nSPS) is 28.7. The molecule has 0 unspecified atom stereocenters. The highest BCUT2D eigenvalue weighted by Crippen LogP contribution is 2.70. The second-order valence-electron chi connectivity index (χ2n) is 22.3. The third-order valence-electron chi connectivity index (χ3n) is 17.2. The second-order valence-corrected chi connectivity index (χ2v) is 22.3. The zero-order valence-corrected chi connectivity index (χ0v) is 35.9. The predicted molar refractivity (Wildman–Crippen MR) is 240 cm³/mol. The molecule has 0 atom stereocenters. The lowest BCUT2D eigenvalue weighted by atomic mass is 9.43. The second kappa shape index (κ2) is 12.0. The van der Waals surface area contributed by atoms with E-state index in [1.54, 1.807) is 11.1 Å². The monoisotopic (exact) mass is 749 g/mol. The minimum atomic E-state index is 0.120. The zero-order chi connectivity index (χ0) is 39.3. The van der Waals surface area contributed by atoms with Gasteiger partial charge in [-0.15, -0.1) is 0 Å². The summed E-state index contributed by atoms with van der Waals surface area (Å²) in [6.45, 7) is 19.7. The molecular formula is C56H63N. The van der Waals surface area contributed by atoms with Crippen molar-refractivity contribution in [3.8, 4) is 22.3 Å². The van der Waals surface area contributed by atoms with Gasteiger partial charge in [0.1, 0.15) is 0 Å². The van der Waals surface area contributed by atoms with Gasteiger partial charge in [-0.05, 0) is 195 Å². The van der Waals surface area contributed by atoms with Gasteiger partial charge in [0.15, 0.2) is 0 Å². The van der Waals surface area contributed by atoms with Crippen LogP contribution < -0.4 is 4.90 Å². The van der Waals surface area contributed by atoms with E-state index in [4.69, 9.17) is 0 Å². The summed E-state index contributed by atoms with van der Waals surface area (Å²) < 4.78 is 0. The first-order valence-corrected chi connectivity index (χ1v) is 22.6. The number of benzene rings is 5. The summed E-state index contributed by atoms with van der Waals surface area (Å²) >= 11 is 0. The maximum atomic E-state index is 2.64. The van der Waals surface area contributed by atoms with E-state index in [1.165, 1.54) is 119 Å². The van der Waals surface area contributed by atoms with Gasteiger partial charge in [0, 0.05) is 22.5 Å². The highest BCUT2D eigenvalue weighted by atomic mass is 15.1. The summed E-state index contributed by atoms with van der Waals surface area (Å²) in [4.78, 5) is 2.64. The Balaban J connectivity index is 1.16. The Hall–Kier alpha value is -4.10. The Morgan fingerprint density at radius 1 is 0.404 bits per heavy atom. The summed E-state index contributed by atoms with van der Waals surface area (Å²) in [5.41, 5.74) is 19.6. The lowest BCUT2D eigenvalue weighted by molar-refractivity contribution is -0.0399. The lowest BCUT2D eigenvalue weighted by Crippen LogP contribution is -2.55. The number of anilines is 3. The molecule has 0 saturated heterocycles. The zero-order valence-electron chi connectivity index (χ0n) is 35.9. The average molecular weight is 750 g/mol. The highest BCUT2D eigenvalue weighted by Gasteiger charge is 2.62. The maximum absolute atomic E-state index is 2.64. The van der Waals surface area contributed by atoms with Crippen molar-refractivity contribution in [2.75, 3.05) is 4.90 Å². The van der Waals surface area contributed by atoms with Crippen LogP contribution in [0.3, 0.4) is 0 Å². The van der Waals surface area contributed by atoms with Crippen molar-refractivity contribution >= 4 is 17.1 Å². The first-order valence-electron chi connectivity index (χ1n) is 22.6. The van der Waals surface area contributed by atoms with Crippen molar-refractivity contribution in [3.05, 3.63) is 137 Å². The van der Waals surface area contributed by atoms with Crippen LogP contribution in [-0.2, 0) is 27.1 Å². The predicted octanol–water partition coefficient (Wildman–Crippen LogP) is 15.2. The highest BCUT2D eigenvalue weighted by molar-refractivity contribution is 5.95. The van der Waals surface area contributed by atoms with Crippen LogP contribution in [0.5, 0.6) is 0 Å². The molecule has 7 aliphatic carbocycles. The fraction of sp³-hybridized carbons (Fsp3) is 0.464. The molecule has 1 heteroatoms. The van der Waals surface area contributed by atoms with E-state index in [9.17, 15) is 0 Å². The number of rotatable bonds is 4. The summed E-state index contributed by atoms with van der Waals surface area (Å²) in [7, 11) is 0. The van der Waals surface area contributed by atoms with E-state index >= 15 is 0 Å². The van der Waals surface area contributed by atoms with Crippen molar-refractivity contribution in [1.82, 2.24) is 0 Å². The first kappa shape index (κ1) is 36.0. The molecule has 0 heterocycles. The summed E-state index contributed by atoms with van der Waals surface area (Å²) in [5.74, 6) is 3.32. The quantitative estimate of drug-likeness (QED) is 0.177. The van der Waals surface area contributed by atoms with E-state index in [0.717, 1.165) is 23.7 Å². The molecular weight excluding hydrogens is 687 g/mol. The van der Waals surface area contributed by atoms with Gasteiger partial charge in [-0.25, -0.2) is 0 Å². The van der Waals surface area contributed by atoms with Gasteiger partial charge < -0.3 is 4.90 Å². The standard InChI is InChI=1S/C56H63N/c1-52(2)23-25-54(5,6)49-33-41(18-21-46(49)52)57(42-19-22-47-50(34-42)55(7,8)26-24-53(47,3)4)40-17-20-45-44(32-40)51-43(37-13-10-9-11-14-37)15-12-16-48(51)56(45)38-28-35-27-36(30-38)31-39(56)29-35/h9-22,32-36,38-39H,23-31H2,1-8H3. The molecule has 292 valence electrons. The molecule has 0 aromatic heterocycles. The van der Waals surface area contributed by atoms with E-state index in [-0.39, 0.29) is 27.1 Å². The van der Waals surface area contributed by atoms with Crippen molar-refractivity contribution in [1.29, 1.82) is 0 Å². The maximum Gasteiger partial charge on any atom is 0.0468 e. The van der Waals surface area contributed by atoms with Crippen LogP contribution >= 0.6 is 0 Å². The van der Waals surface area contributed by atoms with E-state index < -0.39 is 0 Å². The topological polar surface area (TPSA) is 3.24 Å². The third-order valence-corrected chi connectivity index (χ3v) is 17.2. The molecule has 0 aliphatic heterocycles. The van der Waals surface area contributed by atoms with E-state index in [0.29, 0.717) is 0 Å². The molecule has 0 N–H and O–H groups in total. The SMILES string of the molecule is CC1(C)CCC(C)(C)c2cc(N(c3ccc4c(c3)-c3c(-c5ccccc5)cccc3C43C4CC5CC(C4)CC3C5)c3ccc4c(c3)C(C)(C)CCC4(C)C)ccc21. The van der Waals surface area contributed by atoms with Crippen LogP contribution in [0.15, 0.2) is 103 Å². The Kier molecular flexibility index (Phi) is 7.58. The molecule has 1 spiro atoms. The Bertz CT molecular complexity index is 2330. The van der Waals surface area contributed by atoms with Gasteiger partial charge in [0.2, 0.25) is 0 Å². The van der Waals surface area contributed by atoms with Crippen molar-refractivity contribution in [3.63, 3.8) is 0 Å². The van der Waals surface area contributed by atoms with E-state index in [2.05, 4.69) is 163 Å².